The zero-order chi connectivity index (χ0) is 23.5. The first kappa shape index (κ1) is 23.2. The first-order valence-electron chi connectivity index (χ1n) is 11.6. The van der Waals surface area contributed by atoms with Crippen molar-refractivity contribution in [2.45, 2.75) is 32.2 Å². The maximum absolute atomic E-state index is 14.6. The molecular formula is C24H31FN4O4. The number of hydrogen-bond donors (Lipinski definition) is 1. The first-order valence-corrected chi connectivity index (χ1v) is 11.6. The minimum atomic E-state index is -0.939. The molecular weight excluding hydrogens is 427 g/mol. The lowest BCUT2D eigenvalue weighted by molar-refractivity contribution is -0.140. The summed E-state index contributed by atoms with van der Waals surface area (Å²) in [6.45, 7) is 4.71. The predicted octanol–water partition coefficient (Wildman–Crippen LogP) is 2.28. The van der Waals surface area contributed by atoms with Gasteiger partial charge in [-0.1, -0.05) is 24.6 Å². The van der Waals surface area contributed by atoms with E-state index in [1.54, 1.807) is 32.2 Å². The van der Waals surface area contributed by atoms with Crippen molar-refractivity contribution < 1.29 is 23.5 Å². The largest absolute Gasteiger partial charge is 0.463 e. The first-order chi connectivity index (χ1) is 15.9. The molecule has 178 valence electrons. The van der Waals surface area contributed by atoms with Gasteiger partial charge in [0.2, 0.25) is 5.91 Å². The summed E-state index contributed by atoms with van der Waals surface area (Å²) in [7, 11) is 1.60. The van der Waals surface area contributed by atoms with Gasteiger partial charge in [0.15, 0.2) is 0 Å². The van der Waals surface area contributed by atoms with Crippen LogP contribution < -0.4 is 5.32 Å². The van der Waals surface area contributed by atoms with E-state index in [2.05, 4.69) is 10.2 Å². The molecule has 1 N–H and O–H groups in total. The summed E-state index contributed by atoms with van der Waals surface area (Å²) in [4.78, 5) is 43.7. The van der Waals surface area contributed by atoms with E-state index < -0.39 is 23.9 Å². The number of rotatable bonds is 6. The number of carbonyl (C=O) groups excluding carboxylic acids is 3. The molecule has 3 aliphatic rings. The number of likely N-dealkylation sites (N-methyl/N-ethyl adjacent to an activating group) is 1. The SMILES string of the molecule is CCOC(=O)C1=C(CN2CCN(C(=O)C3CCC3)CC2)N(C)C(=O)NC1c1ccccc1F. The number of piperazine rings is 1. The van der Waals surface area contributed by atoms with Gasteiger partial charge in [0.25, 0.3) is 0 Å². The maximum atomic E-state index is 14.6. The van der Waals surface area contributed by atoms with Gasteiger partial charge in [-0.25, -0.2) is 14.0 Å². The van der Waals surface area contributed by atoms with Crippen LogP contribution in [0.3, 0.4) is 0 Å². The lowest BCUT2D eigenvalue weighted by Gasteiger charge is -2.41. The molecule has 0 bridgehead atoms. The topological polar surface area (TPSA) is 82.2 Å². The number of nitrogens with zero attached hydrogens (tertiary/aromatic N) is 3. The van der Waals surface area contributed by atoms with Crippen LogP contribution in [0.1, 0.15) is 37.8 Å². The van der Waals surface area contributed by atoms with E-state index in [4.69, 9.17) is 4.74 Å². The molecule has 2 fully saturated rings. The highest BCUT2D eigenvalue weighted by Crippen LogP contribution is 2.33. The Morgan fingerprint density at radius 2 is 1.85 bits per heavy atom. The Hall–Kier alpha value is -2.94. The highest BCUT2D eigenvalue weighted by atomic mass is 19.1. The molecule has 1 saturated carbocycles. The fraction of sp³-hybridized carbons (Fsp3) is 0.542. The minimum absolute atomic E-state index is 0.166. The Balaban J connectivity index is 1.59. The van der Waals surface area contributed by atoms with Crippen LogP contribution in [0, 0.1) is 11.7 Å². The van der Waals surface area contributed by atoms with Crippen molar-refractivity contribution in [2.24, 2.45) is 5.92 Å². The summed E-state index contributed by atoms with van der Waals surface area (Å²) in [6.07, 6.45) is 3.08. The Kier molecular flexibility index (Phi) is 6.97. The third-order valence-corrected chi connectivity index (χ3v) is 6.80. The van der Waals surface area contributed by atoms with E-state index in [1.165, 1.54) is 11.0 Å². The van der Waals surface area contributed by atoms with Crippen molar-refractivity contribution in [3.05, 3.63) is 46.9 Å². The number of carbonyl (C=O) groups is 3. The summed E-state index contributed by atoms with van der Waals surface area (Å²) in [5.74, 6) is -0.673. The molecule has 8 nitrogen and oxygen atoms in total. The van der Waals surface area contributed by atoms with Gasteiger partial charge >= 0.3 is 12.0 Å². The maximum Gasteiger partial charge on any atom is 0.338 e. The molecule has 1 aromatic carbocycles. The highest BCUT2D eigenvalue weighted by molar-refractivity contribution is 5.95. The molecule has 0 spiro atoms. The van der Waals surface area contributed by atoms with E-state index in [-0.39, 0.29) is 29.6 Å². The second-order valence-electron chi connectivity index (χ2n) is 8.77. The molecule has 3 amide bonds. The Labute approximate surface area is 193 Å². The fourth-order valence-electron chi connectivity index (χ4n) is 4.59. The summed E-state index contributed by atoms with van der Waals surface area (Å²) in [5.41, 5.74) is 0.941. The van der Waals surface area contributed by atoms with Crippen LogP contribution in [-0.4, -0.2) is 79.0 Å². The monoisotopic (exact) mass is 458 g/mol. The van der Waals surface area contributed by atoms with Crippen molar-refractivity contribution in [1.82, 2.24) is 20.0 Å². The van der Waals surface area contributed by atoms with Crippen LogP contribution in [0.25, 0.3) is 0 Å². The zero-order valence-electron chi connectivity index (χ0n) is 19.2. The van der Waals surface area contributed by atoms with Crippen LogP contribution >= 0.6 is 0 Å². The second-order valence-corrected chi connectivity index (χ2v) is 8.77. The molecule has 9 heteroatoms. The van der Waals surface area contributed by atoms with Crippen molar-refractivity contribution in [1.29, 1.82) is 0 Å². The van der Waals surface area contributed by atoms with Gasteiger partial charge in [-0.2, -0.15) is 0 Å². The molecule has 1 unspecified atom stereocenters. The van der Waals surface area contributed by atoms with Gasteiger partial charge in [-0.3, -0.25) is 14.6 Å². The summed E-state index contributed by atoms with van der Waals surface area (Å²) in [6, 6.07) is 4.75. The summed E-state index contributed by atoms with van der Waals surface area (Å²) in [5, 5.41) is 2.74. The molecule has 2 heterocycles. The lowest BCUT2D eigenvalue weighted by atomic mass is 9.84. The summed E-state index contributed by atoms with van der Waals surface area (Å²) >= 11 is 0. The number of nitrogens with one attached hydrogen (secondary N) is 1. The molecule has 1 aliphatic carbocycles. The Bertz CT molecular complexity index is 954. The van der Waals surface area contributed by atoms with Gasteiger partial charge < -0.3 is 15.0 Å². The van der Waals surface area contributed by atoms with Gasteiger partial charge in [0.1, 0.15) is 5.82 Å². The fourth-order valence-corrected chi connectivity index (χ4v) is 4.59. The van der Waals surface area contributed by atoms with Crippen molar-refractivity contribution >= 4 is 17.9 Å². The van der Waals surface area contributed by atoms with Crippen LogP contribution in [0.4, 0.5) is 9.18 Å². The Morgan fingerprint density at radius 3 is 2.45 bits per heavy atom. The third-order valence-electron chi connectivity index (χ3n) is 6.80. The number of halogens is 1. The van der Waals surface area contributed by atoms with Crippen molar-refractivity contribution in [3.8, 4) is 0 Å². The number of amides is 3. The second kappa shape index (κ2) is 9.91. The summed E-state index contributed by atoms with van der Waals surface area (Å²) < 4.78 is 19.9. The van der Waals surface area contributed by atoms with Crippen LogP contribution in [0.2, 0.25) is 0 Å². The predicted molar refractivity (Wildman–Crippen MR) is 119 cm³/mol. The van der Waals surface area contributed by atoms with E-state index >= 15 is 0 Å². The molecule has 1 saturated heterocycles. The van der Waals surface area contributed by atoms with E-state index in [0.29, 0.717) is 38.4 Å². The third kappa shape index (κ3) is 4.73. The van der Waals surface area contributed by atoms with Crippen molar-refractivity contribution in [3.63, 3.8) is 0 Å². The molecule has 1 aromatic rings. The number of ether oxygens (including phenoxy) is 1. The zero-order valence-corrected chi connectivity index (χ0v) is 19.2. The average molecular weight is 459 g/mol. The van der Waals surface area contributed by atoms with E-state index in [1.807, 2.05) is 4.90 Å². The molecule has 0 radical (unpaired) electrons. The normalized spacial score (nSPS) is 22.2. The number of urea groups is 1. The molecule has 33 heavy (non-hydrogen) atoms. The van der Waals surface area contributed by atoms with E-state index in [9.17, 15) is 18.8 Å². The molecule has 4 rings (SSSR count). The van der Waals surface area contributed by atoms with E-state index in [0.717, 1.165) is 19.3 Å². The lowest BCUT2D eigenvalue weighted by Crippen LogP contribution is -2.54. The van der Waals surface area contributed by atoms with Crippen LogP contribution in [0.15, 0.2) is 35.5 Å². The van der Waals surface area contributed by atoms with Crippen molar-refractivity contribution in [2.75, 3.05) is 46.4 Å². The molecule has 2 aliphatic heterocycles. The minimum Gasteiger partial charge on any atom is -0.463 e. The smallest absolute Gasteiger partial charge is 0.338 e. The van der Waals surface area contributed by atoms with Gasteiger partial charge in [0.05, 0.1) is 18.2 Å². The number of benzene rings is 1. The van der Waals surface area contributed by atoms with Gasteiger partial charge in [-0.15, -0.1) is 0 Å². The highest BCUT2D eigenvalue weighted by Gasteiger charge is 2.39. The number of esters is 1. The molecule has 0 aromatic heterocycles. The average Bonchev–Trinajstić information content (AvgIpc) is 2.76. The number of hydrogen-bond acceptors (Lipinski definition) is 5. The van der Waals surface area contributed by atoms with Gasteiger partial charge in [0, 0.05) is 56.9 Å². The van der Waals surface area contributed by atoms with Crippen LogP contribution in [0.5, 0.6) is 0 Å². The van der Waals surface area contributed by atoms with Gasteiger partial charge in [-0.05, 0) is 25.8 Å². The molecule has 1 atom stereocenters. The van der Waals surface area contributed by atoms with Crippen LogP contribution in [-0.2, 0) is 14.3 Å². The Morgan fingerprint density at radius 1 is 1.15 bits per heavy atom. The quantitative estimate of drug-likeness (QED) is 0.662. The standard InChI is InChI=1S/C24H31FN4O4/c1-3-33-23(31)20-19(15-28-11-13-29(14-12-28)22(30)16-7-6-8-16)27(2)24(32)26-21(20)17-9-4-5-10-18(17)25/h4-5,9-10,16,21H,3,6-8,11-15H2,1-2H3,(H,26,32).